The van der Waals surface area contributed by atoms with Gasteiger partial charge in [0.25, 0.3) is 0 Å². The van der Waals surface area contributed by atoms with E-state index in [2.05, 4.69) is 26.1 Å². The van der Waals surface area contributed by atoms with Crippen LogP contribution in [-0.2, 0) is 9.47 Å². The quantitative estimate of drug-likeness (QED) is 0.733. The first-order valence-corrected chi connectivity index (χ1v) is 6.01. The third-order valence-electron chi connectivity index (χ3n) is 3.24. The van der Waals surface area contributed by atoms with E-state index in [1.54, 1.807) is 7.11 Å². The van der Waals surface area contributed by atoms with Crippen LogP contribution in [0.25, 0.3) is 0 Å². The van der Waals surface area contributed by atoms with Crippen molar-refractivity contribution >= 4 is 0 Å². The average Bonchev–Trinajstić information content (AvgIpc) is 2.58. The van der Waals surface area contributed by atoms with Crippen molar-refractivity contribution in [2.45, 2.75) is 51.8 Å². The zero-order chi connectivity index (χ0) is 11.3. The van der Waals surface area contributed by atoms with Crippen LogP contribution in [0.3, 0.4) is 0 Å². The molecule has 0 bridgehead atoms. The van der Waals surface area contributed by atoms with Gasteiger partial charge in [-0.3, -0.25) is 0 Å². The fourth-order valence-electron chi connectivity index (χ4n) is 2.08. The van der Waals surface area contributed by atoms with E-state index in [-0.39, 0.29) is 0 Å². The molecular formula is C12H25NO2. The third kappa shape index (κ3) is 4.09. The van der Waals surface area contributed by atoms with Crippen molar-refractivity contribution in [3.8, 4) is 0 Å². The van der Waals surface area contributed by atoms with Crippen LogP contribution in [0.15, 0.2) is 0 Å². The zero-order valence-corrected chi connectivity index (χ0v) is 10.5. The van der Waals surface area contributed by atoms with Gasteiger partial charge in [0.2, 0.25) is 0 Å². The van der Waals surface area contributed by atoms with Crippen molar-refractivity contribution in [1.82, 2.24) is 5.32 Å². The van der Waals surface area contributed by atoms with Gasteiger partial charge >= 0.3 is 0 Å². The Morgan fingerprint density at radius 1 is 1.47 bits per heavy atom. The number of hydrogen-bond donors (Lipinski definition) is 1. The molecule has 1 heterocycles. The van der Waals surface area contributed by atoms with E-state index < -0.39 is 0 Å². The second-order valence-electron chi connectivity index (χ2n) is 4.77. The Hall–Kier alpha value is -0.120. The number of methoxy groups -OCH3 is 1. The minimum Gasteiger partial charge on any atom is -0.385 e. The third-order valence-corrected chi connectivity index (χ3v) is 3.24. The lowest BCUT2D eigenvalue weighted by molar-refractivity contribution is 0.105. The Bertz CT molecular complexity index is 173. The van der Waals surface area contributed by atoms with Gasteiger partial charge in [0.05, 0.1) is 6.10 Å². The van der Waals surface area contributed by atoms with E-state index in [9.17, 15) is 0 Å². The van der Waals surface area contributed by atoms with Crippen LogP contribution in [0.5, 0.6) is 0 Å². The molecular weight excluding hydrogens is 190 g/mol. The minimum absolute atomic E-state index is 0.355. The molecule has 0 aromatic rings. The summed E-state index contributed by atoms with van der Waals surface area (Å²) in [5.41, 5.74) is 0. The number of hydrogen-bond acceptors (Lipinski definition) is 3. The van der Waals surface area contributed by atoms with Gasteiger partial charge in [-0.2, -0.15) is 0 Å². The summed E-state index contributed by atoms with van der Waals surface area (Å²) in [6.45, 7) is 8.39. The summed E-state index contributed by atoms with van der Waals surface area (Å²) in [6, 6.07) is 1.06. The van der Waals surface area contributed by atoms with Gasteiger partial charge < -0.3 is 14.8 Å². The lowest BCUT2D eigenvalue weighted by Crippen LogP contribution is -2.45. The van der Waals surface area contributed by atoms with Crippen LogP contribution in [-0.4, -0.2) is 38.5 Å². The second kappa shape index (κ2) is 6.46. The SMILES string of the molecule is COCCC(NC1CCOC1C)C(C)C. The van der Waals surface area contributed by atoms with Crippen LogP contribution in [0.4, 0.5) is 0 Å². The topological polar surface area (TPSA) is 30.5 Å². The summed E-state index contributed by atoms with van der Waals surface area (Å²) in [7, 11) is 1.76. The Morgan fingerprint density at radius 2 is 2.20 bits per heavy atom. The van der Waals surface area contributed by atoms with Gasteiger partial charge in [-0.25, -0.2) is 0 Å². The molecule has 1 saturated heterocycles. The summed E-state index contributed by atoms with van der Waals surface area (Å²) in [6.07, 6.45) is 2.57. The molecule has 0 amide bonds. The van der Waals surface area contributed by atoms with E-state index in [1.807, 2.05) is 0 Å². The highest BCUT2D eigenvalue weighted by Crippen LogP contribution is 2.16. The summed E-state index contributed by atoms with van der Waals surface area (Å²) >= 11 is 0. The highest BCUT2D eigenvalue weighted by Gasteiger charge is 2.27. The maximum Gasteiger partial charge on any atom is 0.0700 e. The van der Waals surface area contributed by atoms with Crippen LogP contribution < -0.4 is 5.32 Å². The van der Waals surface area contributed by atoms with E-state index in [0.29, 0.717) is 24.1 Å². The Morgan fingerprint density at radius 3 is 2.67 bits per heavy atom. The van der Waals surface area contributed by atoms with Gasteiger partial charge in [-0.05, 0) is 25.7 Å². The first-order valence-electron chi connectivity index (χ1n) is 6.01. The van der Waals surface area contributed by atoms with Crippen molar-refractivity contribution in [1.29, 1.82) is 0 Å². The standard InChI is InChI=1S/C12H25NO2/c1-9(2)11(5-7-14-4)13-12-6-8-15-10(12)3/h9-13H,5-8H2,1-4H3. The maximum absolute atomic E-state index is 5.56. The first-order chi connectivity index (χ1) is 7.15. The van der Waals surface area contributed by atoms with Crippen molar-refractivity contribution in [3.63, 3.8) is 0 Å². The lowest BCUT2D eigenvalue weighted by atomic mass is 9.99. The Labute approximate surface area is 93.5 Å². The molecule has 90 valence electrons. The van der Waals surface area contributed by atoms with E-state index in [0.717, 1.165) is 26.1 Å². The molecule has 1 fully saturated rings. The van der Waals surface area contributed by atoms with E-state index in [4.69, 9.17) is 9.47 Å². The molecule has 3 nitrogen and oxygen atoms in total. The predicted octanol–water partition coefficient (Wildman–Crippen LogP) is 1.81. The molecule has 1 N–H and O–H groups in total. The fraction of sp³-hybridized carbons (Fsp3) is 1.00. The normalized spacial score (nSPS) is 28.6. The Kier molecular flexibility index (Phi) is 5.58. The van der Waals surface area contributed by atoms with Crippen LogP contribution in [0, 0.1) is 5.92 Å². The van der Waals surface area contributed by atoms with Crippen molar-refractivity contribution in [3.05, 3.63) is 0 Å². The van der Waals surface area contributed by atoms with Gasteiger partial charge in [0.15, 0.2) is 0 Å². The predicted molar refractivity (Wildman–Crippen MR) is 62.1 cm³/mol. The van der Waals surface area contributed by atoms with E-state index in [1.165, 1.54) is 0 Å². The van der Waals surface area contributed by atoms with Crippen molar-refractivity contribution in [2.75, 3.05) is 20.3 Å². The first kappa shape index (κ1) is 12.9. The lowest BCUT2D eigenvalue weighted by Gasteiger charge is -2.27. The molecule has 3 heteroatoms. The molecule has 1 rings (SSSR count). The van der Waals surface area contributed by atoms with Crippen LogP contribution >= 0.6 is 0 Å². The molecule has 0 spiro atoms. The summed E-state index contributed by atoms with van der Waals surface area (Å²) < 4.78 is 10.7. The van der Waals surface area contributed by atoms with Crippen LogP contribution in [0.2, 0.25) is 0 Å². The zero-order valence-electron chi connectivity index (χ0n) is 10.5. The molecule has 15 heavy (non-hydrogen) atoms. The van der Waals surface area contributed by atoms with Gasteiger partial charge in [0, 0.05) is 32.4 Å². The second-order valence-corrected chi connectivity index (χ2v) is 4.77. The fourth-order valence-corrected chi connectivity index (χ4v) is 2.08. The molecule has 0 aromatic heterocycles. The van der Waals surface area contributed by atoms with Crippen LogP contribution in [0.1, 0.15) is 33.6 Å². The van der Waals surface area contributed by atoms with Crippen molar-refractivity contribution in [2.24, 2.45) is 5.92 Å². The number of rotatable bonds is 6. The van der Waals surface area contributed by atoms with Gasteiger partial charge in [0.1, 0.15) is 0 Å². The van der Waals surface area contributed by atoms with Crippen molar-refractivity contribution < 1.29 is 9.47 Å². The van der Waals surface area contributed by atoms with Gasteiger partial charge in [-0.1, -0.05) is 13.8 Å². The number of ether oxygens (including phenoxy) is 2. The number of nitrogens with one attached hydrogen (secondary N) is 1. The summed E-state index contributed by atoms with van der Waals surface area (Å²) in [5, 5.41) is 3.69. The highest BCUT2D eigenvalue weighted by atomic mass is 16.5. The molecule has 0 aliphatic carbocycles. The summed E-state index contributed by atoms with van der Waals surface area (Å²) in [5.74, 6) is 0.646. The molecule has 0 radical (unpaired) electrons. The molecule has 1 aliphatic rings. The Balaban J connectivity index is 2.35. The minimum atomic E-state index is 0.355. The highest BCUT2D eigenvalue weighted by molar-refractivity contribution is 4.84. The molecule has 1 aliphatic heterocycles. The van der Waals surface area contributed by atoms with E-state index >= 15 is 0 Å². The molecule has 0 saturated carbocycles. The summed E-state index contributed by atoms with van der Waals surface area (Å²) in [4.78, 5) is 0. The smallest absolute Gasteiger partial charge is 0.0700 e. The molecule has 3 unspecified atom stereocenters. The molecule has 3 atom stereocenters. The largest absolute Gasteiger partial charge is 0.385 e. The average molecular weight is 215 g/mol. The molecule has 0 aromatic carbocycles. The maximum atomic E-state index is 5.56. The van der Waals surface area contributed by atoms with Gasteiger partial charge in [-0.15, -0.1) is 0 Å². The monoisotopic (exact) mass is 215 g/mol.